The van der Waals surface area contributed by atoms with Crippen molar-refractivity contribution in [2.75, 3.05) is 4.90 Å². The van der Waals surface area contributed by atoms with Gasteiger partial charge < -0.3 is 4.90 Å². The predicted molar refractivity (Wildman–Crippen MR) is 247 cm³/mol. The predicted octanol–water partition coefficient (Wildman–Crippen LogP) is 15.2. The third kappa shape index (κ3) is 5.31. The van der Waals surface area contributed by atoms with Gasteiger partial charge in [0.05, 0.1) is 16.6 Å². The maximum Gasteiger partial charge on any atom is 0.0714 e. The highest BCUT2D eigenvalue weighted by Gasteiger charge is 2.46. The maximum atomic E-state index is 10.0. The van der Waals surface area contributed by atoms with E-state index in [1.807, 2.05) is 59.5 Å². The van der Waals surface area contributed by atoms with Crippen molar-refractivity contribution in [3.05, 3.63) is 258 Å². The summed E-state index contributed by atoms with van der Waals surface area (Å²) in [6.45, 7) is 4.37. The molecule has 2 aliphatic rings. The van der Waals surface area contributed by atoms with Gasteiger partial charge in [0.2, 0.25) is 0 Å². The zero-order valence-electron chi connectivity index (χ0n) is 37.0. The Kier molecular flexibility index (Phi) is 7.17. The van der Waals surface area contributed by atoms with Crippen molar-refractivity contribution in [3.8, 4) is 44.5 Å². The average Bonchev–Trinajstić information content (AvgIpc) is 3.76. The molecule has 59 heavy (non-hydrogen) atoms. The summed E-state index contributed by atoms with van der Waals surface area (Å²) in [5.74, 6) is 0. The molecule has 0 atom stereocenters. The van der Waals surface area contributed by atoms with Gasteiger partial charge in [-0.1, -0.05) is 208 Å². The molecular weight excluding hydrogens is 711 g/mol. The third-order valence-corrected chi connectivity index (χ3v) is 12.6. The van der Waals surface area contributed by atoms with Crippen LogP contribution in [-0.4, -0.2) is 0 Å². The zero-order chi connectivity index (χ0) is 43.0. The second-order valence-electron chi connectivity index (χ2n) is 16.1. The lowest BCUT2D eigenvalue weighted by atomic mass is 9.67. The molecule has 1 nitrogen and oxygen atoms in total. The van der Waals surface area contributed by atoms with Crippen LogP contribution in [0.15, 0.2) is 224 Å². The number of nitrogens with zero attached hydrogens (tertiary/aromatic N) is 1. The summed E-state index contributed by atoms with van der Waals surface area (Å²) in [5, 5.41) is 0. The Morgan fingerprint density at radius 1 is 0.373 bits per heavy atom. The second kappa shape index (κ2) is 13.7. The van der Waals surface area contributed by atoms with Crippen LogP contribution in [0.3, 0.4) is 0 Å². The second-order valence-corrected chi connectivity index (χ2v) is 16.1. The van der Waals surface area contributed by atoms with E-state index < -0.39 is 10.8 Å². The van der Waals surface area contributed by atoms with Crippen molar-refractivity contribution in [3.63, 3.8) is 0 Å². The molecule has 11 rings (SSSR count). The van der Waals surface area contributed by atoms with Crippen molar-refractivity contribution >= 4 is 17.1 Å². The molecule has 1 heteroatoms. The van der Waals surface area contributed by atoms with Gasteiger partial charge >= 0.3 is 0 Å². The first-order valence-corrected chi connectivity index (χ1v) is 20.4. The van der Waals surface area contributed by atoms with Crippen LogP contribution < -0.4 is 4.90 Å². The smallest absolute Gasteiger partial charge is 0.0714 e. The van der Waals surface area contributed by atoms with Gasteiger partial charge in [-0.3, -0.25) is 0 Å². The van der Waals surface area contributed by atoms with Crippen molar-refractivity contribution in [2.24, 2.45) is 0 Å². The number of para-hydroxylation sites is 1. The third-order valence-electron chi connectivity index (χ3n) is 12.6. The molecule has 0 saturated carbocycles. The summed E-state index contributed by atoms with van der Waals surface area (Å²) in [6, 6.07) is 68.7. The summed E-state index contributed by atoms with van der Waals surface area (Å²) in [5.41, 5.74) is 14.6. The van der Waals surface area contributed by atoms with E-state index in [9.17, 15) is 5.48 Å². The zero-order valence-corrected chi connectivity index (χ0v) is 33.0. The Morgan fingerprint density at radius 2 is 0.881 bits per heavy atom. The van der Waals surface area contributed by atoms with E-state index >= 15 is 0 Å². The first-order chi connectivity index (χ1) is 30.7. The lowest BCUT2D eigenvalue weighted by molar-refractivity contribution is 0.662. The molecule has 0 N–H and O–H groups in total. The largest absolute Gasteiger partial charge is 0.310 e. The van der Waals surface area contributed by atoms with E-state index in [0.29, 0.717) is 5.56 Å². The first-order valence-electron chi connectivity index (χ1n) is 22.4. The SMILES string of the molecule is [2H]c1c([2H])c(N(c2ccc3c(c2)C(c2ccccc2)(c2ccccc2)c2ccccc2-3)c2ccccc2-c2ccccc2)c([2H])c([2H])c1-c1cccc2c1C(C)(C)c1ccccc1-2. The molecule has 0 heterocycles. The molecule has 9 aromatic carbocycles. The normalized spacial score (nSPS) is 14.8. The minimum atomic E-state index is -0.689. The van der Waals surface area contributed by atoms with Gasteiger partial charge in [0.25, 0.3) is 0 Å². The van der Waals surface area contributed by atoms with Gasteiger partial charge in [0.1, 0.15) is 0 Å². The molecule has 0 saturated heterocycles. The van der Waals surface area contributed by atoms with Crippen LogP contribution in [0.1, 0.15) is 52.7 Å². The molecule has 0 aromatic heterocycles. The van der Waals surface area contributed by atoms with E-state index in [1.165, 1.54) is 11.1 Å². The van der Waals surface area contributed by atoms with Crippen LogP contribution in [0.5, 0.6) is 0 Å². The van der Waals surface area contributed by atoms with Crippen LogP contribution in [-0.2, 0) is 10.8 Å². The fourth-order valence-electron chi connectivity index (χ4n) is 10.1. The Labute approximate surface area is 353 Å². The number of rotatable bonds is 7. The van der Waals surface area contributed by atoms with Crippen LogP contribution in [0, 0.1) is 0 Å². The molecule has 0 bridgehead atoms. The fraction of sp³-hybridized carbons (Fsp3) is 0.0690. The molecule has 0 amide bonds. The minimum Gasteiger partial charge on any atom is -0.310 e. The molecule has 0 unspecified atom stereocenters. The summed E-state index contributed by atoms with van der Waals surface area (Å²) in [7, 11) is 0. The Bertz CT molecular complexity index is 3180. The minimum absolute atomic E-state index is 0.0789. The molecular formula is C58H43N. The summed E-state index contributed by atoms with van der Waals surface area (Å²) < 4.78 is 39.8. The van der Waals surface area contributed by atoms with Crippen LogP contribution >= 0.6 is 0 Å². The highest BCUT2D eigenvalue weighted by molar-refractivity contribution is 5.93. The number of benzene rings is 9. The Hall–Kier alpha value is -7.22. The fourth-order valence-corrected chi connectivity index (χ4v) is 10.1. The van der Waals surface area contributed by atoms with Gasteiger partial charge in [-0.15, -0.1) is 0 Å². The standard InChI is InChI=1S/C58H43N/c1-57(2)52-30-15-12-27-49(52)51-29-18-28-47(56(51)57)41-33-35-44(36-34-41)59(55-32-17-14-25-46(55)40-19-6-3-7-20-40)45-37-38-50-48-26-13-16-31-53(48)58(54(50)39-45,42-21-8-4-9-22-42)43-23-10-5-11-24-43/h3-39H,1-2H3/i33D,34D,35D,36D. The summed E-state index contributed by atoms with van der Waals surface area (Å²) in [6.07, 6.45) is 0. The number of fused-ring (bicyclic) bond motifs is 6. The number of anilines is 3. The lowest BCUT2D eigenvalue weighted by Crippen LogP contribution is -2.28. The van der Waals surface area contributed by atoms with Gasteiger partial charge in [-0.25, -0.2) is 0 Å². The van der Waals surface area contributed by atoms with E-state index in [-0.39, 0.29) is 29.9 Å². The van der Waals surface area contributed by atoms with E-state index in [4.69, 9.17) is 0 Å². The highest BCUT2D eigenvalue weighted by atomic mass is 15.1. The number of hydrogen-bond acceptors (Lipinski definition) is 1. The van der Waals surface area contributed by atoms with Crippen LogP contribution in [0.4, 0.5) is 17.1 Å². The first kappa shape index (κ1) is 30.9. The van der Waals surface area contributed by atoms with Gasteiger partial charge in [-0.05, 0) is 103 Å². The molecule has 0 spiro atoms. The molecule has 0 radical (unpaired) electrons. The average molecular weight is 758 g/mol. The van der Waals surface area contributed by atoms with E-state index in [0.717, 1.165) is 72.6 Å². The van der Waals surface area contributed by atoms with Crippen molar-refractivity contribution in [1.82, 2.24) is 0 Å². The van der Waals surface area contributed by atoms with E-state index in [1.54, 1.807) is 0 Å². The lowest BCUT2D eigenvalue weighted by Gasteiger charge is -2.35. The number of hydrogen-bond donors (Lipinski definition) is 0. The van der Waals surface area contributed by atoms with Crippen molar-refractivity contribution in [2.45, 2.75) is 24.7 Å². The van der Waals surface area contributed by atoms with Crippen LogP contribution in [0.25, 0.3) is 44.5 Å². The Morgan fingerprint density at radius 3 is 1.56 bits per heavy atom. The Balaban J connectivity index is 1.20. The molecule has 280 valence electrons. The van der Waals surface area contributed by atoms with E-state index in [2.05, 4.69) is 159 Å². The molecule has 2 aliphatic carbocycles. The summed E-state index contributed by atoms with van der Waals surface area (Å²) >= 11 is 0. The van der Waals surface area contributed by atoms with Crippen molar-refractivity contribution < 1.29 is 5.48 Å². The monoisotopic (exact) mass is 757 g/mol. The van der Waals surface area contributed by atoms with Crippen molar-refractivity contribution in [1.29, 1.82) is 0 Å². The van der Waals surface area contributed by atoms with Gasteiger partial charge in [0.15, 0.2) is 0 Å². The quantitative estimate of drug-likeness (QED) is 0.156. The molecule has 9 aromatic rings. The highest BCUT2D eigenvalue weighted by Crippen LogP contribution is 2.58. The van der Waals surface area contributed by atoms with Gasteiger partial charge in [-0.2, -0.15) is 0 Å². The van der Waals surface area contributed by atoms with Crippen LogP contribution in [0.2, 0.25) is 0 Å². The molecule has 0 aliphatic heterocycles. The topological polar surface area (TPSA) is 3.24 Å². The summed E-state index contributed by atoms with van der Waals surface area (Å²) in [4.78, 5) is 1.96. The van der Waals surface area contributed by atoms with Gasteiger partial charge in [0, 0.05) is 22.4 Å². The molecule has 0 fully saturated rings. The maximum absolute atomic E-state index is 10.0.